The van der Waals surface area contributed by atoms with Gasteiger partial charge in [0.05, 0.1) is 0 Å². The first kappa shape index (κ1) is 46.6. The lowest BCUT2D eigenvalue weighted by Gasteiger charge is -2.18. The Balaban J connectivity index is 4.28. The molecule has 0 spiro atoms. The van der Waals surface area contributed by atoms with Crippen LogP contribution in [0, 0.1) is 0 Å². The van der Waals surface area contributed by atoms with E-state index < -0.39 is 6.10 Å². The van der Waals surface area contributed by atoms with Crippen LogP contribution in [0.25, 0.3) is 0 Å². The van der Waals surface area contributed by atoms with Gasteiger partial charge >= 0.3 is 17.9 Å². The van der Waals surface area contributed by atoms with E-state index in [4.69, 9.17) is 14.2 Å². The maximum absolute atomic E-state index is 12.6. The van der Waals surface area contributed by atoms with E-state index in [1.807, 2.05) is 0 Å². The van der Waals surface area contributed by atoms with Crippen LogP contribution in [0.5, 0.6) is 0 Å². The quantitative estimate of drug-likeness (QED) is 0.0282. The van der Waals surface area contributed by atoms with Gasteiger partial charge in [0.15, 0.2) is 6.10 Å². The number of allylic oxidation sites excluding steroid dienone is 6. The Bertz CT molecular complexity index is 845. The van der Waals surface area contributed by atoms with Crippen LogP contribution in [0.1, 0.15) is 201 Å². The molecule has 0 aliphatic carbocycles. The van der Waals surface area contributed by atoms with Crippen molar-refractivity contribution in [3.63, 3.8) is 0 Å². The van der Waals surface area contributed by atoms with Crippen molar-refractivity contribution >= 4 is 17.9 Å². The summed E-state index contributed by atoms with van der Waals surface area (Å²) in [7, 11) is 0. The van der Waals surface area contributed by atoms with E-state index in [0.717, 1.165) is 103 Å². The first-order chi connectivity index (χ1) is 24.0. The SMILES string of the molecule is CC/C=C\C/C=C\C/C=C\CCCCCCCC(=O)OCC(COC(=O)CCCCCCC)OC(=O)CCCCCCCCCCCCC. The molecule has 0 fully saturated rings. The summed E-state index contributed by atoms with van der Waals surface area (Å²) in [5, 5.41) is 0. The number of hydrogen-bond donors (Lipinski definition) is 0. The number of rotatable bonds is 36. The van der Waals surface area contributed by atoms with Gasteiger partial charge in [-0.15, -0.1) is 0 Å². The molecule has 0 aromatic heterocycles. The van der Waals surface area contributed by atoms with E-state index in [-0.39, 0.29) is 31.1 Å². The van der Waals surface area contributed by atoms with Gasteiger partial charge in [0.1, 0.15) is 13.2 Å². The van der Waals surface area contributed by atoms with Gasteiger partial charge in [0.2, 0.25) is 0 Å². The molecule has 0 aromatic carbocycles. The highest BCUT2D eigenvalue weighted by Crippen LogP contribution is 2.14. The van der Waals surface area contributed by atoms with Gasteiger partial charge in [0, 0.05) is 19.3 Å². The Hall–Kier alpha value is -2.37. The van der Waals surface area contributed by atoms with Crippen LogP contribution in [0.15, 0.2) is 36.5 Å². The monoisotopic (exact) mass is 689 g/mol. The Morgan fingerprint density at radius 1 is 0.429 bits per heavy atom. The van der Waals surface area contributed by atoms with Crippen LogP contribution in [0.4, 0.5) is 0 Å². The number of hydrogen-bond acceptors (Lipinski definition) is 6. The normalized spacial score (nSPS) is 12.3. The smallest absolute Gasteiger partial charge is 0.306 e. The standard InChI is InChI=1S/C43H76O6/c1-4-7-10-13-15-17-19-20-21-22-24-25-27-30-33-36-42(45)48-39-40(38-47-41(44)35-32-29-12-9-6-3)49-43(46)37-34-31-28-26-23-18-16-14-11-8-5-2/h7,10,15,17,20-21,40H,4-6,8-9,11-14,16,18-19,22-39H2,1-3H3/b10-7-,17-15-,21-20-. The maximum atomic E-state index is 12.6. The lowest BCUT2D eigenvalue weighted by atomic mass is 10.1. The average molecular weight is 689 g/mol. The van der Waals surface area contributed by atoms with E-state index in [1.54, 1.807) is 0 Å². The van der Waals surface area contributed by atoms with Gasteiger partial charge in [-0.1, -0.05) is 166 Å². The summed E-state index contributed by atoms with van der Waals surface area (Å²) in [5.41, 5.74) is 0. The van der Waals surface area contributed by atoms with Crippen molar-refractivity contribution in [2.45, 2.75) is 207 Å². The Labute approximate surface area is 302 Å². The third-order valence-corrected chi connectivity index (χ3v) is 8.66. The second kappa shape index (κ2) is 38.4. The van der Waals surface area contributed by atoms with E-state index in [2.05, 4.69) is 57.2 Å². The summed E-state index contributed by atoms with van der Waals surface area (Å²) in [6, 6.07) is 0. The van der Waals surface area contributed by atoms with Gasteiger partial charge in [0.25, 0.3) is 0 Å². The number of esters is 3. The van der Waals surface area contributed by atoms with Gasteiger partial charge in [-0.2, -0.15) is 0 Å². The summed E-state index contributed by atoms with van der Waals surface area (Å²) >= 11 is 0. The summed E-state index contributed by atoms with van der Waals surface area (Å²) in [6.07, 6.45) is 41.5. The predicted octanol–water partition coefficient (Wildman–Crippen LogP) is 12.6. The van der Waals surface area contributed by atoms with Gasteiger partial charge < -0.3 is 14.2 Å². The summed E-state index contributed by atoms with van der Waals surface area (Å²) in [5.74, 6) is -0.911. The van der Waals surface area contributed by atoms with Gasteiger partial charge in [-0.05, 0) is 51.4 Å². The second-order valence-electron chi connectivity index (χ2n) is 13.5. The molecular weight excluding hydrogens is 612 g/mol. The highest BCUT2D eigenvalue weighted by molar-refractivity contribution is 5.71. The van der Waals surface area contributed by atoms with Crippen molar-refractivity contribution in [1.82, 2.24) is 0 Å². The van der Waals surface area contributed by atoms with Crippen LogP contribution in [-0.4, -0.2) is 37.2 Å². The molecule has 0 heterocycles. The van der Waals surface area contributed by atoms with Gasteiger partial charge in [-0.25, -0.2) is 0 Å². The molecule has 49 heavy (non-hydrogen) atoms. The summed E-state index contributed by atoms with van der Waals surface area (Å²) < 4.78 is 16.5. The largest absolute Gasteiger partial charge is 0.462 e. The highest BCUT2D eigenvalue weighted by atomic mass is 16.6. The Morgan fingerprint density at radius 3 is 1.24 bits per heavy atom. The fourth-order valence-corrected chi connectivity index (χ4v) is 5.57. The van der Waals surface area contributed by atoms with Crippen molar-refractivity contribution < 1.29 is 28.6 Å². The Kier molecular flexibility index (Phi) is 36.6. The number of ether oxygens (including phenoxy) is 3. The topological polar surface area (TPSA) is 78.9 Å². The third-order valence-electron chi connectivity index (χ3n) is 8.66. The third kappa shape index (κ3) is 36.7. The van der Waals surface area contributed by atoms with Crippen molar-refractivity contribution in [3.05, 3.63) is 36.5 Å². The molecule has 0 amide bonds. The minimum absolute atomic E-state index is 0.0773. The molecule has 0 aliphatic rings. The molecule has 6 heteroatoms. The molecular formula is C43H76O6. The zero-order chi connectivity index (χ0) is 35.9. The zero-order valence-corrected chi connectivity index (χ0v) is 32.2. The fourth-order valence-electron chi connectivity index (χ4n) is 5.57. The van der Waals surface area contributed by atoms with Crippen LogP contribution >= 0.6 is 0 Å². The fraction of sp³-hybridized carbons (Fsp3) is 0.791. The molecule has 1 atom stereocenters. The number of carbonyl (C=O) groups excluding carboxylic acids is 3. The second-order valence-corrected chi connectivity index (χ2v) is 13.5. The molecule has 0 radical (unpaired) electrons. The van der Waals surface area contributed by atoms with Crippen LogP contribution in [0.3, 0.4) is 0 Å². The maximum Gasteiger partial charge on any atom is 0.306 e. The first-order valence-corrected chi connectivity index (χ1v) is 20.5. The van der Waals surface area contributed by atoms with Gasteiger partial charge in [-0.3, -0.25) is 14.4 Å². The van der Waals surface area contributed by atoms with Crippen molar-refractivity contribution in [3.8, 4) is 0 Å². The molecule has 284 valence electrons. The molecule has 0 saturated heterocycles. The molecule has 0 bridgehead atoms. The highest BCUT2D eigenvalue weighted by Gasteiger charge is 2.19. The van der Waals surface area contributed by atoms with Crippen LogP contribution < -0.4 is 0 Å². The number of unbranched alkanes of at least 4 members (excludes halogenated alkanes) is 19. The summed E-state index contributed by atoms with van der Waals surface area (Å²) in [6.45, 7) is 6.40. The average Bonchev–Trinajstić information content (AvgIpc) is 3.09. The first-order valence-electron chi connectivity index (χ1n) is 20.5. The lowest BCUT2D eigenvalue weighted by Crippen LogP contribution is -2.30. The van der Waals surface area contributed by atoms with E-state index in [1.165, 1.54) is 57.8 Å². The molecule has 0 aromatic rings. The van der Waals surface area contributed by atoms with E-state index in [0.29, 0.717) is 19.3 Å². The molecule has 6 nitrogen and oxygen atoms in total. The molecule has 1 unspecified atom stereocenters. The predicted molar refractivity (Wildman–Crippen MR) is 206 cm³/mol. The molecule has 0 saturated carbocycles. The summed E-state index contributed by atoms with van der Waals surface area (Å²) in [4.78, 5) is 37.3. The Morgan fingerprint density at radius 2 is 0.796 bits per heavy atom. The molecule has 0 aliphatic heterocycles. The van der Waals surface area contributed by atoms with Crippen molar-refractivity contribution in [2.75, 3.05) is 13.2 Å². The molecule has 0 N–H and O–H groups in total. The van der Waals surface area contributed by atoms with Crippen molar-refractivity contribution in [1.29, 1.82) is 0 Å². The van der Waals surface area contributed by atoms with Crippen LogP contribution in [0.2, 0.25) is 0 Å². The van der Waals surface area contributed by atoms with Crippen LogP contribution in [-0.2, 0) is 28.6 Å². The zero-order valence-electron chi connectivity index (χ0n) is 32.2. The van der Waals surface area contributed by atoms with E-state index >= 15 is 0 Å². The lowest BCUT2D eigenvalue weighted by molar-refractivity contribution is -0.167. The van der Waals surface area contributed by atoms with Crippen molar-refractivity contribution in [2.24, 2.45) is 0 Å². The number of carbonyl (C=O) groups is 3. The molecule has 0 rings (SSSR count). The minimum Gasteiger partial charge on any atom is -0.462 e. The minimum atomic E-state index is -0.769. The van der Waals surface area contributed by atoms with E-state index in [9.17, 15) is 14.4 Å².